The van der Waals surface area contributed by atoms with Gasteiger partial charge in [0.15, 0.2) is 34.6 Å². The van der Waals surface area contributed by atoms with Crippen molar-refractivity contribution in [2.24, 2.45) is 0 Å². The highest BCUT2D eigenvalue weighted by Gasteiger charge is 2.39. The molecule has 1 amide bonds. The molecule has 17 nitrogen and oxygen atoms in total. The van der Waals surface area contributed by atoms with E-state index in [4.69, 9.17) is 29.8 Å². The number of carboxylic acids is 1. The number of pyridine rings is 2. The van der Waals surface area contributed by atoms with E-state index in [1.165, 1.54) is 19.4 Å². The number of rotatable bonds is 13. The molecule has 0 bridgehead atoms. The summed E-state index contributed by atoms with van der Waals surface area (Å²) in [4.78, 5) is 53.9. The van der Waals surface area contributed by atoms with Crippen molar-refractivity contribution >= 4 is 35.5 Å². The third-order valence-corrected chi connectivity index (χ3v) is 9.07. The molecule has 0 aliphatic carbocycles. The molecule has 4 aromatic carbocycles. The predicted molar refractivity (Wildman–Crippen MR) is 233 cm³/mol. The molecule has 0 saturated heterocycles. The second-order valence-corrected chi connectivity index (χ2v) is 14.2. The van der Waals surface area contributed by atoms with Crippen molar-refractivity contribution in [2.75, 3.05) is 39.5 Å². The smallest absolute Gasteiger partial charge is 0.493 e. The summed E-state index contributed by atoms with van der Waals surface area (Å²) in [6, 6.07) is 12.1. The van der Waals surface area contributed by atoms with Crippen LogP contribution in [0.2, 0.25) is 0 Å². The number of hydrogen-bond acceptors (Lipinski definition) is 15. The molecule has 0 saturated carbocycles. The fourth-order valence-electron chi connectivity index (χ4n) is 5.76. The number of nitrogens with zero attached hydrogens (tertiary/aromatic N) is 2. The van der Waals surface area contributed by atoms with Crippen molar-refractivity contribution in [3.05, 3.63) is 142 Å². The Hall–Kier alpha value is -9.32. The molecule has 0 unspecified atom stereocenters. The number of nitrogens with one attached hydrogen (secondary N) is 1. The lowest BCUT2D eigenvalue weighted by Crippen LogP contribution is -2.19. The maximum atomic E-state index is 15.0. The summed E-state index contributed by atoms with van der Waals surface area (Å²) in [6.45, 7) is 0. The Bertz CT molecular complexity index is 3080. The number of carbonyl (C=O) groups excluding carboxylic acids is 3. The van der Waals surface area contributed by atoms with Crippen LogP contribution >= 0.6 is 0 Å². The number of alkyl halides is 12. The molecule has 0 aliphatic rings. The number of hydrogen-bond donors (Lipinski definition) is 3. The highest BCUT2D eigenvalue weighted by molar-refractivity contribution is 6.06. The number of aromatic nitrogens is 2. The number of carboxylic acid groups (broad SMARTS) is 1. The molecule has 4 N–H and O–H groups in total. The van der Waals surface area contributed by atoms with Crippen LogP contribution in [0.3, 0.4) is 0 Å². The topological polar surface area (TPSA) is 226 Å². The summed E-state index contributed by atoms with van der Waals surface area (Å²) in [7, 11) is 4.51. The van der Waals surface area contributed by atoms with Crippen LogP contribution in [-0.4, -0.2) is 80.1 Å². The lowest BCUT2D eigenvalue weighted by atomic mass is 10.1. The van der Waals surface area contributed by atoms with Gasteiger partial charge in [-0.05, 0) is 72.8 Å². The maximum absolute atomic E-state index is 15.0. The van der Waals surface area contributed by atoms with Crippen LogP contribution in [0, 0.1) is 11.6 Å². The summed E-state index contributed by atoms with van der Waals surface area (Å²) in [6.07, 6.45) is -18.0. The Labute approximate surface area is 421 Å². The van der Waals surface area contributed by atoms with Crippen LogP contribution in [0.4, 0.5) is 73.1 Å². The molecule has 0 fully saturated rings. The molecule has 6 aromatic rings. The average molecular weight is 1110 g/mol. The van der Waals surface area contributed by atoms with Gasteiger partial charge in [0.25, 0.3) is 5.91 Å². The van der Waals surface area contributed by atoms with E-state index in [2.05, 4.69) is 34.2 Å². The zero-order valence-electron chi connectivity index (χ0n) is 38.8. The summed E-state index contributed by atoms with van der Waals surface area (Å²) in [5.41, 5.74) is -0.516. The van der Waals surface area contributed by atoms with Crippen molar-refractivity contribution in [3.63, 3.8) is 0 Å². The van der Waals surface area contributed by atoms with Crippen molar-refractivity contribution < 1.29 is 124 Å². The highest BCUT2D eigenvalue weighted by atomic mass is 19.4. The van der Waals surface area contributed by atoms with E-state index in [1.807, 2.05) is 0 Å². The number of aromatic carboxylic acids is 1. The van der Waals surface area contributed by atoms with Gasteiger partial charge in [0.2, 0.25) is 0 Å². The van der Waals surface area contributed by atoms with Crippen molar-refractivity contribution in [1.82, 2.24) is 9.97 Å². The van der Waals surface area contributed by atoms with Crippen LogP contribution in [-0.2, 0) is 21.8 Å². The molecule has 31 heteroatoms. The minimum atomic E-state index is -5.19. The third-order valence-electron chi connectivity index (χ3n) is 9.07. The quantitative estimate of drug-likeness (QED) is 0.0722. The Kier molecular flexibility index (Phi) is 19.4. The summed E-state index contributed by atoms with van der Waals surface area (Å²) < 4.78 is 218. The lowest BCUT2D eigenvalue weighted by molar-refractivity contribution is -0.275. The Balaban J connectivity index is 0.000000285. The molecule has 6 rings (SSSR count). The summed E-state index contributed by atoms with van der Waals surface area (Å²) >= 11 is 0. The van der Waals surface area contributed by atoms with E-state index >= 15 is 4.39 Å². The van der Waals surface area contributed by atoms with Crippen LogP contribution in [0.15, 0.2) is 97.3 Å². The highest BCUT2D eigenvalue weighted by Crippen LogP contribution is 2.43. The monoisotopic (exact) mass is 1110 g/mol. The van der Waals surface area contributed by atoms with Gasteiger partial charge in [0, 0.05) is 24.5 Å². The van der Waals surface area contributed by atoms with Gasteiger partial charge in [-0.1, -0.05) is 0 Å². The van der Waals surface area contributed by atoms with Crippen LogP contribution < -0.4 is 39.5 Å². The van der Waals surface area contributed by atoms with Gasteiger partial charge >= 0.3 is 43.0 Å². The normalized spacial score (nSPS) is 11.3. The number of benzene rings is 4. The number of methoxy groups -OCH3 is 4. The first kappa shape index (κ1) is 60.2. The minimum absolute atomic E-state index is 0.00943. The van der Waals surface area contributed by atoms with E-state index in [1.54, 1.807) is 12.1 Å². The van der Waals surface area contributed by atoms with E-state index in [9.17, 15) is 76.3 Å². The fraction of sp³-hybridized carbons (Fsp3) is 0.174. The number of esters is 2. The second kappa shape index (κ2) is 24.8. The second-order valence-electron chi connectivity index (χ2n) is 14.2. The Morgan fingerprint density at radius 1 is 0.519 bits per heavy atom. The number of nitrogen functional groups attached to an aromatic ring is 1. The first-order valence-corrected chi connectivity index (χ1v) is 20.2. The van der Waals surface area contributed by atoms with Crippen molar-refractivity contribution in [1.29, 1.82) is 0 Å². The van der Waals surface area contributed by atoms with E-state index in [0.29, 0.717) is 29.6 Å². The molecular formula is C46H32F14N4O13. The van der Waals surface area contributed by atoms with Crippen LogP contribution in [0.25, 0.3) is 0 Å². The number of nitrogens with two attached hydrogens (primary N) is 1. The van der Waals surface area contributed by atoms with Crippen LogP contribution in [0.5, 0.6) is 46.0 Å². The van der Waals surface area contributed by atoms with Gasteiger partial charge in [0.1, 0.15) is 45.8 Å². The number of anilines is 2. The largest absolute Gasteiger partial charge is 0.573 e. The van der Waals surface area contributed by atoms with Gasteiger partial charge in [0.05, 0.1) is 50.7 Å². The molecule has 2 heterocycles. The zero-order valence-corrected chi connectivity index (χ0v) is 38.8. The molecule has 77 heavy (non-hydrogen) atoms. The first-order chi connectivity index (χ1) is 35.8. The number of carbonyl (C=O) groups is 4. The lowest BCUT2D eigenvalue weighted by Gasteiger charge is -2.17. The summed E-state index contributed by atoms with van der Waals surface area (Å²) in [5, 5.41) is 11.1. The predicted octanol–water partition coefficient (Wildman–Crippen LogP) is 11.7. The minimum Gasteiger partial charge on any atom is -0.493 e. The fourth-order valence-corrected chi connectivity index (χ4v) is 5.76. The van der Waals surface area contributed by atoms with Crippen LogP contribution in [0.1, 0.15) is 52.6 Å². The van der Waals surface area contributed by atoms with E-state index in [0.717, 1.165) is 70.0 Å². The molecule has 412 valence electrons. The van der Waals surface area contributed by atoms with Gasteiger partial charge in [-0.2, -0.15) is 26.3 Å². The standard InChI is InChI=1S/C23H15F7N2O6.C16H9F7O5.C7H8N2O2/c1-35-16-9-12(38-23(28,29)30)4-6-14(16)37-15-7-5-13(22(25,26)27)19(24)18(15)20(33)32-17-8-3-11(10-31-17)21(34)36-2;1-26-11-6-7(28-16(21,22)23)2-4-9(11)27-10-5-3-8(15(18,19)20)13(17)12(10)14(24)25;1-11-7(10)5-2-3-6(8)9-4-5/h3-10H,1-2H3,(H,31,32,33);2-6H,1H3,(H,24,25);2-4H,1H3,(H2,8,9). The molecule has 0 spiro atoms. The third kappa shape index (κ3) is 16.8. The van der Waals surface area contributed by atoms with E-state index < -0.39 is 112 Å². The summed E-state index contributed by atoms with van der Waals surface area (Å²) in [5.74, 6) is -13.1. The van der Waals surface area contributed by atoms with E-state index in [-0.39, 0.29) is 34.7 Å². The molecule has 0 radical (unpaired) electrons. The number of ether oxygens (including phenoxy) is 8. The molecule has 0 aliphatic heterocycles. The van der Waals surface area contributed by atoms with Crippen molar-refractivity contribution in [3.8, 4) is 46.0 Å². The van der Waals surface area contributed by atoms with Gasteiger partial charge < -0.3 is 54.1 Å². The van der Waals surface area contributed by atoms with Crippen molar-refractivity contribution in [2.45, 2.75) is 25.1 Å². The molecule has 2 aromatic heterocycles. The Morgan fingerprint density at radius 3 is 1.27 bits per heavy atom. The maximum Gasteiger partial charge on any atom is 0.573 e. The number of amides is 1. The molecule has 0 atom stereocenters. The van der Waals surface area contributed by atoms with Gasteiger partial charge in [-0.15, -0.1) is 26.3 Å². The SMILES string of the molecule is COC(=O)c1ccc(N)nc1.COC(=O)c1ccc(NC(=O)c2c(Oc3ccc(OC(F)(F)F)cc3OC)ccc(C(F)(F)F)c2F)nc1.COc1cc(OC(F)(F)F)ccc1Oc1ccc(C(F)(F)F)c(F)c1C(=O)O. The van der Waals surface area contributed by atoms with Gasteiger partial charge in [-0.3, -0.25) is 4.79 Å². The number of halogens is 14. The first-order valence-electron chi connectivity index (χ1n) is 20.2. The molecular weight excluding hydrogens is 1080 g/mol. The van der Waals surface area contributed by atoms with Gasteiger partial charge in [-0.25, -0.2) is 33.1 Å². The zero-order chi connectivity index (χ0) is 57.8. The Morgan fingerprint density at radius 2 is 0.922 bits per heavy atom. The average Bonchev–Trinajstić information content (AvgIpc) is 3.33.